The summed E-state index contributed by atoms with van der Waals surface area (Å²) in [4.78, 5) is 51.3. The molecule has 0 radical (unpaired) electrons. The number of ether oxygens (including phenoxy) is 2. The van der Waals surface area contributed by atoms with Gasteiger partial charge < -0.3 is 25.0 Å². The summed E-state index contributed by atoms with van der Waals surface area (Å²) >= 11 is 4.19. The second kappa shape index (κ2) is 12.7. The summed E-state index contributed by atoms with van der Waals surface area (Å²) in [6.07, 6.45) is 0.680. The topological polar surface area (TPSA) is 114 Å². The molecule has 1 rings (SSSR count). The average molecular weight is 466 g/mol. The molecule has 1 aromatic rings. The fourth-order valence-electron chi connectivity index (χ4n) is 2.73. The standard InChI is InChI=1S/C22H31N3O6S/c1-6-12-25(20(28)16(14-32)24-21(29)31-22(2,3)4)18(15-10-8-7-9-11-15)19(27)23-13-17(26)30-5/h6-11,16,18,32H,1,12-14H2,2-5H3,(H,23,27)(H,24,29). The highest BCUT2D eigenvalue weighted by Crippen LogP contribution is 2.22. The Morgan fingerprint density at radius 3 is 2.31 bits per heavy atom. The van der Waals surface area contributed by atoms with Gasteiger partial charge in [0, 0.05) is 12.3 Å². The van der Waals surface area contributed by atoms with Crippen LogP contribution in [-0.4, -0.2) is 66.4 Å². The summed E-state index contributed by atoms with van der Waals surface area (Å²) < 4.78 is 9.78. The lowest BCUT2D eigenvalue weighted by Crippen LogP contribution is -2.54. The largest absolute Gasteiger partial charge is 0.468 e. The second-order valence-electron chi connectivity index (χ2n) is 7.77. The maximum Gasteiger partial charge on any atom is 0.408 e. The quantitative estimate of drug-likeness (QED) is 0.276. The Kier molecular flexibility index (Phi) is 10.8. The highest BCUT2D eigenvalue weighted by molar-refractivity contribution is 7.80. The van der Waals surface area contributed by atoms with Crippen molar-refractivity contribution < 1.29 is 28.7 Å². The van der Waals surface area contributed by atoms with Crippen LogP contribution in [0.4, 0.5) is 4.79 Å². The highest BCUT2D eigenvalue weighted by atomic mass is 32.1. The van der Waals surface area contributed by atoms with Gasteiger partial charge in [-0.15, -0.1) is 6.58 Å². The number of alkyl carbamates (subject to hydrolysis) is 1. The van der Waals surface area contributed by atoms with Crippen molar-refractivity contribution in [3.63, 3.8) is 0 Å². The Bertz CT molecular complexity index is 810. The van der Waals surface area contributed by atoms with Crippen LogP contribution in [-0.2, 0) is 23.9 Å². The molecule has 0 heterocycles. The van der Waals surface area contributed by atoms with Gasteiger partial charge in [0.1, 0.15) is 24.2 Å². The minimum Gasteiger partial charge on any atom is -0.468 e. The van der Waals surface area contributed by atoms with E-state index < -0.39 is 41.6 Å². The molecule has 2 N–H and O–H groups in total. The minimum atomic E-state index is -1.09. The van der Waals surface area contributed by atoms with Crippen molar-refractivity contribution in [2.75, 3.05) is 26.0 Å². The van der Waals surface area contributed by atoms with Crippen molar-refractivity contribution >= 4 is 36.5 Å². The van der Waals surface area contributed by atoms with E-state index in [2.05, 4.69) is 34.6 Å². The maximum atomic E-state index is 13.4. The summed E-state index contributed by atoms with van der Waals surface area (Å²) in [7, 11) is 1.20. The van der Waals surface area contributed by atoms with E-state index in [1.165, 1.54) is 18.1 Å². The number of nitrogens with one attached hydrogen (secondary N) is 2. The number of rotatable bonds is 10. The zero-order chi connectivity index (χ0) is 24.3. The third-order valence-electron chi connectivity index (χ3n) is 4.09. The maximum absolute atomic E-state index is 13.4. The van der Waals surface area contributed by atoms with Gasteiger partial charge in [-0.3, -0.25) is 14.4 Å². The van der Waals surface area contributed by atoms with E-state index >= 15 is 0 Å². The molecular weight excluding hydrogens is 434 g/mol. The Labute approximate surface area is 193 Å². The molecule has 0 aromatic heterocycles. The van der Waals surface area contributed by atoms with Crippen molar-refractivity contribution in [1.29, 1.82) is 0 Å². The predicted molar refractivity (Wildman–Crippen MR) is 123 cm³/mol. The molecule has 10 heteroatoms. The van der Waals surface area contributed by atoms with E-state index in [-0.39, 0.29) is 18.8 Å². The molecule has 0 spiro atoms. The first-order valence-electron chi connectivity index (χ1n) is 9.95. The predicted octanol–water partition coefficient (Wildman–Crippen LogP) is 1.85. The Balaban J connectivity index is 3.23. The van der Waals surface area contributed by atoms with Crippen molar-refractivity contribution in [1.82, 2.24) is 15.5 Å². The van der Waals surface area contributed by atoms with Crippen LogP contribution in [0, 0.1) is 0 Å². The van der Waals surface area contributed by atoms with Crippen molar-refractivity contribution in [2.45, 2.75) is 38.5 Å². The summed E-state index contributed by atoms with van der Waals surface area (Å²) in [5.41, 5.74) is -0.240. The van der Waals surface area contributed by atoms with Crippen LogP contribution in [0.25, 0.3) is 0 Å². The Morgan fingerprint density at radius 1 is 1.19 bits per heavy atom. The van der Waals surface area contributed by atoms with Gasteiger partial charge in [-0.2, -0.15) is 12.6 Å². The summed E-state index contributed by atoms with van der Waals surface area (Å²) in [5, 5.41) is 4.98. The van der Waals surface area contributed by atoms with Gasteiger partial charge in [-0.1, -0.05) is 36.4 Å². The van der Waals surface area contributed by atoms with Gasteiger partial charge in [0.2, 0.25) is 11.8 Å². The molecule has 176 valence electrons. The smallest absolute Gasteiger partial charge is 0.408 e. The molecule has 32 heavy (non-hydrogen) atoms. The molecule has 0 fully saturated rings. The Hall–Kier alpha value is -3.01. The second-order valence-corrected chi connectivity index (χ2v) is 8.13. The van der Waals surface area contributed by atoms with Gasteiger partial charge in [0.15, 0.2) is 0 Å². The lowest BCUT2D eigenvalue weighted by Gasteiger charge is -2.33. The number of hydrogen-bond acceptors (Lipinski definition) is 7. The number of amides is 3. The van der Waals surface area contributed by atoms with Crippen molar-refractivity contribution in [3.05, 3.63) is 48.6 Å². The summed E-state index contributed by atoms with van der Waals surface area (Å²) in [6.45, 7) is 8.41. The number of hydrogen-bond donors (Lipinski definition) is 3. The molecule has 0 saturated carbocycles. The molecule has 0 aliphatic carbocycles. The van der Waals surface area contributed by atoms with Gasteiger partial charge in [0.05, 0.1) is 7.11 Å². The number of thiol groups is 1. The first-order chi connectivity index (χ1) is 15.0. The first kappa shape index (κ1) is 27.0. The number of carbonyl (C=O) groups excluding carboxylic acids is 4. The number of carbonyl (C=O) groups is 4. The van der Waals surface area contributed by atoms with E-state index in [9.17, 15) is 19.2 Å². The van der Waals surface area contributed by atoms with E-state index in [1.54, 1.807) is 51.1 Å². The van der Waals surface area contributed by atoms with Gasteiger partial charge >= 0.3 is 12.1 Å². The van der Waals surface area contributed by atoms with Crippen LogP contribution < -0.4 is 10.6 Å². The summed E-state index contributed by atoms with van der Waals surface area (Å²) in [6, 6.07) is 6.43. The zero-order valence-electron chi connectivity index (χ0n) is 18.8. The fourth-order valence-corrected chi connectivity index (χ4v) is 2.98. The van der Waals surface area contributed by atoms with E-state index in [1.807, 2.05) is 0 Å². The fraction of sp³-hybridized carbons (Fsp3) is 0.455. The van der Waals surface area contributed by atoms with Crippen LogP contribution in [0.5, 0.6) is 0 Å². The molecular formula is C22H31N3O6S. The van der Waals surface area contributed by atoms with Crippen molar-refractivity contribution in [3.8, 4) is 0 Å². The number of nitrogens with zero attached hydrogens (tertiary/aromatic N) is 1. The zero-order valence-corrected chi connectivity index (χ0v) is 19.7. The van der Waals surface area contributed by atoms with Crippen LogP contribution in [0.3, 0.4) is 0 Å². The molecule has 0 saturated heterocycles. The lowest BCUT2D eigenvalue weighted by molar-refractivity contribution is -0.144. The van der Waals surface area contributed by atoms with Crippen LogP contribution >= 0.6 is 12.6 Å². The minimum absolute atomic E-state index is 0.00428. The van der Waals surface area contributed by atoms with E-state index in [0.717, 1.165) is 0 Å². The average Bonchev–Trinajstić information content (AvgIpc) is 2.74. The molecule has 9 nitrogen and oxygen atoms in total. The van der Waals surface area contributed by atoms with E-state index in [0.29, 0.717) is 5.56 Å². The SMILES string of the molecule is C=CCN(C(=O)C(CS)NC(=O)OC(C)(C)C)C(C(=O)NCC(=O)OC)c1ccccc1. The van der Waals surface area contributed by atoms with Crippen LogP contribution in [0.1, 0.15) is 32.4 Å². The van der Waals surface area contributed by atoms with E-state index in [4.69, 9.17) is 4.74 Å². The van der Waals surface area contributed by atoms with Gasteiger partial charge in [0.25, 0.3) is 0 Å². The molecule has 0 aliphatic heterocycles. The molecule has 0 aliphatic rings. The number of esters is 1. The third kappa shape index (κ3) is 8.62. The lowest BCUT2D eigenvalue weighted by atomic mass is 10.0. The normalized spacial score (nSPS) is 12.7. The van der Waals surface area contributed by atoms with Gasteiger partial charge in [-0.25, -0.2) is 4.79 Å². The Morgan fingerprint density at radius 2 is 1.81 bits per heavy atom. The highest BCUT2D eigenvalue weighted by Gasteiger charge is 2.35. The molecule has 3 amide bonds. The first-order valence-corrected chi connectivity index (χ1v) is 10.6. The van der Waals surface area contributed by atoms with Crippen LogP contribution in [0.15, 0.2) is 43.0 Å². The number of benzene rings is 1. The molecule has 2 unspecified atom stereocenters. The van der Waals surface area contributed by atoms with Crippen LogP contribution in [0.2, 0.25) is 0 Å². The van der Waals surface area contributed by atoms with Gasteiger partial charge in [-0.05, 0) is 26.3 Å². The third-order valence-corrected chi connectivity index (χ3v) is 4.46. The molecule has 2 atom stereocenters. The molecule has 1 aromatic carbocycles. The number of methoxy groups -OCH3 is 1. The summed E-state index contributed by atoms with van der Waals surface area (Å²) in [5.74, 6) is -1.82. The van der Waals surface area contributed by atoms with Crippen molar-refractivity contribution in [2.24, 2.45) is 0 Å². The monoisotopic (exact) mass is 465 g/mol. The molecule has 0 bridgehead atoms.